The van der Waals surface area contributed by atoms with Gasteiger partial charge < -0.3 is 19.4 Å². The zero-order valence-corrected chi connectivity index (χ0v) is 16.4. The lowest BCUT2D eigenvalue weighted by Gasteiger charge is -2.44. The number of amides is 1. The third kappa shape index (κ3) is 4.22. The molecule has 1 aromatic carbocycles. The molecule has 28 heavy (non-hydrogen) atoms. The predicted octanol–water partition coefficient (Wildman–Crippen LogP) is 2.86. The minimum Gasteiger partial charge on any atom is -0.484 e. The monoisotopic (exact) mass is 384 g/mol. The molecule has 1 amide bonds. The van der Waals surface area contributed by atoms with Crippen LogP contribution in [0.15, 0.2) is 33.5 Å². The predicted molar refractivity (Wildman–Crippen MR) is 108 cm³/mol. The molecule has 2 unspecified atom stereocenters. The van der Waals surface area contributed by atoms with Gasteiger partial charge in [0.15, 0.2) is 6.61 Å². The van der Waals surface area contributed by atoms with Crippen LogP contribution in [0.1, 0.15) is 37.7 Å². The quantitative estimate of drug-likeness (QED) is 0.803. The van der Waals surface area contributed by atoms with Gasteiger partial charge in [-0.05, 0) is 69.3 Å². The van der Waals surface area contributed by atoms with Gasteiger partial charge in [-0.1, -0.05) is 6.42 Å². The van der Waals surface area contributed by atoms with Crippen LogP contribution in [0.25, 0.3) is 11.0 Å². The van der Waals surface area contributed by atoms with E-state index in [1.54, 1.807) is 12.1 Å². The van der Waals surface area contributed by atoms with Crippen molar-refractivity contribution in [3.05, 3.63) is 40.2 Å². The van der Waals surface area contributed by atoms with Crippen molar-refractivity contribution in [2.45, 2.75) is 45.1 Å². The summed E-state index contributed by atoms with van der Waals surface area (Å²) in [5, 5.41) is 3.91. The minimum atomic E-state index is -0.385. The smallest absolute Gasteiger partial charge is 0.336 e. The molecule has 150 valence electrons. The average molecular weight is 384 g/mol. The van der Waals surface area contributed by atoms with Crippen LogP contribution in [-0.4, -0.2) is 43.1 Å². The highest BCUT2D eigenvalue weighted by atomic mass is 16.5. The number of carbonyl (C=O) groups excluding carboxylic acids is 1. The van der Waals surface area contributed by atoms with Crippen LogP contribution in [-0.2, 0) is 4.79 Å². The molecule has 1 N–H and O–H groups in total. The Morgan fingerprint density at radius 2 is 2.07 bits per heavy atom. The molecule has 6 heteroatoms. The Bertz CT molecular complexity index is 905. The van der Waals surface area contributed by atoms with Crippen LogP contribution < -0.4 is 15.7 Å². The number of nitrogens with one attached hydrogen (secondary N) is 1. The Kier molecular flexibility index (Phi) is 5.67. The van der Waals surface area contributed by atoms with E-state index in [4.69, 9.17) is 9.15 Å². The molecule has 2 fully saturated rings. The maximum atomic E-state index is 12.3. The average Bonchev–Trinajstić information content (AvgIpc) is 2.70. The first-order chi connectivity index (χ1) is 13.6. The van der Waals surface area contributed by atoms with Gasteiger partial charge in [-0.25, -0.2) is 4.79 Å². The lowest BCUT2D eigenvalue weighted by atomic mass is 9.83. The largest absolute Gasteiger partial charge is 0.484 e. The highest BCUT2D eigenvalue weighted by molar-refractivity contribution is 5.81. The summed E-state index contributed by atoms with van der Waals surface area (Å²) in [5.41, 5.74) is 0.950. The van der Waals surface area contributed by atoms with Crippen molar-refractivity contribution in [1.29, 1.82) is 0 Å². The molecule has 0 bridgehead atoms. The molecule has 2 aromatic rings. The van der Waals surface area contributed by atoms with Crippen LogP contribution in [0.5, 0.6) is 5.75 Å². The summed E-state index contributed by atoms with van der Waals surface area (Å²) in [6.07, 6.45) is 6.25. The number of carbonyl (C=O) groups is 1. The molecule has 2 atom stereocenters. The highest BCUT2D eigenvalue weighted by Gasteiger charge is 2.32. The molecule has 2 aliphatic heterocycles. The number of hydrogen-bond donors (Lipinski definition) is 1. The van der Waals surface area contributed by atoms with Crippen molar-refractivity contribution >= 4 is 16.9 Å². The van der Waals surface area contributed by atoms with Crippen LogP contribution in [0, 0.1) is 12.8 Å². The van der Waals surface area contributed by atoms with Gasteiger partial charge in [-0.3, -0.25) is 4.79 Å². The first-order valence-electron chi connectivity index (χ1n) is 10.3. The fourth-order valence-corrected chi connectivity index (χ4v) is 4.66. The molecule has 0 radical (unpaired) electrons. The van der Waals surface area contributed by atoms with Crippen LogP contribution in [0.3, 0.4) is 0 Å². The number of hydrogen-bond acceptors (Lipinski definition) is 5. The fraction of sp³-hybridized carbons (Fsp3) is 0.545. The van der Waals surface area contributed by atoms with Gasteiger partial charge in [-0.15, -0.1) is 0 Å². The molecule has 1 aromatic heterocycles. The van der Waals surface area contributed by atoms with Crippen LogP contribution in [0.4, 0.5) is 0 Å². The van der Waals surface area contributed by atoms with Gasteiger partial charge in [0.2, 0.25) is 0 Å². The first-order valence-corrected chi connectivity index (χ1v) is 10.3. The summed E-state index contributed by atoms with van der Waals surface area (Å²) in [4.78, 5) is 26.4. The van der Waals surface area contributed by atoms with E-state index in [0.29, 0.717) is 23.3 Å². The van der Waals surface area contributed by atoms with E-state index < -0.39 is 0 Å². The summed E-state index contributed by atoms with van der Waals surface area (Å²) in [6.45, 7) is 4.95. The molecular weight excluding hydrogens is 356 g/mol. The summed E-state index contributed by atoms with van der Waals surface area (Å²) in [7, 11) is 0. The van der Waals surface area contributed by atoms with Gasteiger partial charge in [-0.2, -0.15) is 0 Å². The Labute approximate surface area is 164 Å². The van der Waals surface area contributed by atoms with Crippen LogP contribution in [0.2, 0.25) is 0 Å². The number of nitrogens with zero attached hydrogens (tertiary/aromatic N) is 1. The third-order valence-electron chi connectivity index (χ3n) is 6.08. The van der Waals surface area contributed by atoms with Crippen LogP contribution >= 0.6 is 0 Å². The van der Waals surface area contributed by atoms with E-state index in [-0.39, 0.29) is 18.1 Å². The van der Waals surface area contributed by atoms with E-state index in [2.05, 4.69) is 10.2 Å². The fourth-order valence-electron chi connectivity index (χ4n) is 4.66. The van der Waals surface area contributed by atoms with Gasteiger partial charge in [0.25, 0.3) is 5.91 Å². The van der Waals surface area contributed by atoms with Crippen molar-refractivity contribution in [1.82, 2.24) is 10.2 Å². The van der Waals surface area contributed by atoms with Crippen molar-refractivity contribution in [2.24, 2.45) is 5.92 Å². The number of aryl methyl sites for hydroxylation is 1. The van der Waals surface area contributed by atoms with Gasteiger partial charge >= 0.3 is 5.63 Å². The Morgan fingerprint density at radius 3 is 2.96 bits per heavy atom. The number of piperidine rings is 2. The van der Waals surface area contributed by atoms with Gasteiger partial charge in [0.05, 0.1) is 0 Å². The Balaban J connectivity index is 1.31. The zero-order valence-electron chi connectivity index (χ0n) is 16.4. The molecule has 3 heterocycles. The lowest BCUT2D eigenvalue weighted by Crippen LogP contribution is -2.51. The zero-order chi connectivity index (χ0) is 19.5. The SMILES string of the molecule is Cc1cc(=O)oc2cc(OCC(=O)NCC3CCCN4CCCCC34)ccc12. The van der Waals surface area contributed by atoms with E-state index in [0.717, 1.165) is 17.5 Å². The standard InChI is InChI=1S/C22H28N2O4/c1-15-11-22(26)28-20-12-17(7-8-18(15)20)27-14-21(25)23-13-16-5-4-10-24-9-3-2-6-19(16)24/h7-8,11-12,16,19H,2-6,9-10,13-14H2,1H3,(H,23,25). The van der Waals surface area contributed by atoms with Crippen molar-refractivity contribution in [3.8, 4) is 5.75 Å². The van der Waals surface area contributed by atoms with Crippen molar-refractivity contribution in [2.75, 3.05) is 26.2 Å². The summed E-state index contributed by atoms with van der Waals surface area (Å²) >= 11 is 0. The second-order valence-corrected chi connectivity index (χ2v) is 8.00. The molecule has 0 aliphatic carbocycles. The van der Waals surface area contributed by atoms with Crippen molar-refractivity contribution < 1.29 is 13.9 Å². The highest BCUT2D eigenvalue weighted by Crippen LogP contribution is 2.30. The maximum Gasteiger partial charge on any atom is 0.336 e. The second-order valence-electron chi connectivity index (χ2n) is 8.00. The molecule has 2 aliphatic rings. The van der Waals surface area contributed by atoms with Gasteiger partial charge in [0.1, 0.15) is 11.3 Å². The number of fused-ring (bicyclic) bond motifs is 2. The lowest BCUT2D eigenvalue weighted by molar-refractivity contribution is -0.123. The second kappa shape index (κ2) is 8.35. The first kappa shape index (κ1) is 19.0. The van der Waals surface area contributed by atoms with E-state index in [1.807, 2.05) is 13.0 Å². The van der Waals surface area contributed by atoms with Gasteiger partial charge in [0, 0.05) is 30.1 Å². The van der Waals surface area contributed by atoms with E-state index in [1.165, 1.54) is 51.3 Å². The summed E-state index contributed by atoms with van der Waals surface area (Å²) < 4.78 is 10.8. The molecule has 0 saturated carbocycles. The van der Waals surface area contributed by atoms with E-state index in [9.17, 15) is 9.59 Å². The molecule has 0 spiro atoms. The normalized spacial score (nSPS) is 22.6. The number of rotatable bonds is 5. The Morgan fingerprint density at radius 1 is 1.21 bits per heavy atom. The molecule has 4 rings (SSSR count). The minimum absolute atomic E-state index is 0.0390. The third-order valence-corrected chi connectivity index (χ3v) is 6.08. The summed E-state index contributed by atoms with van der Waals surface area (Å²) in [6, 6.07) is 7.40. The molecule has 2 saturated heterocycles. The topological polar surface area (TPSA) is 71.8 Å². The molecular formula is C22H28N2O4. The van der Waals surface area contributed by atoms with E-state index >= 15 is 0 Å². The maximum absolute atomic E-state index is 12.3. The number of benzene rings is 1. The summed E-state index contributed by atoms with van der Waals surface area (Å²) in [5.74, 6) is 0.946. The Hall–Kier alpha value is -2.34. The van der Waals surface area contributed by atoms with Crippen molar-refractivity contribution in [3.63, 3.8) is 0 Å². The molecule has 6 nitrogen and oxygen atoms in total. The number of ether oxygens (including phenoxy) is 1.